The van der Waals surface area contributed by atoms with Crippen molar-refractivity contribution >= 4 is 35.3 Å². The van der Waals surface area contributed by atoms with Crippen molar-refractivity contribution in [3.8, 4) is 0 Å². The fourth-order valence-electron chi connectivity index (χ4n) is 1.60. The molecule has 2 rings (SSSR count). The van der Waals surface area contributed by atoms with Gasteiger partial charge in [0.15, 0.2) is 0 Å². The lowest BCUT2D eigenvalue weighted by Crippen LogP contribution is -2.12. The largest absolute Gasteiger partial charge is 0.329 e. The van der Waals surface area contributed by atoms with Crippen LogP contribution in [0.25, 0.3) is 0 Å². The van der Waals surface area contributed by atoms with Crippen LogP contribution in [0.5, 0.6) is 0 Å². The first-order valence-corrected chi connectivity index (χ1v) is 5.94. The van der Waals surface area contributed by atoms with Gasteiger partial charge in [0, 0.05) is 11.4 Å². The van der Waals surface area contributed by atoms with Crippen LogP contribution in [0.3, 0.4) is 0 Å². The predicted octanol–water partition coefficient (Wildman–Crippen LogP) is 3.16. The number of hydrogen-bond donors (Lipinski definition) is 2. The van der Waals surface area contributed by atoms with Gasteiger partial charge in [0.25, 0.3) is 5.91 Å². The lowest BCUT2D eigenvalue weighted by atomic mass is 10.2. The van der Waals surface area contributed by atoms with Crippen molar-refractivity contribution in [2.24, 2.45) is 0 Å². The molecule has 2 aromatic carbocycles. The Bertz CT molecular complexity index is 614. The number of nitrogens with one attached hydrogen (secondary N) is 2. The van der Waals surface area contributed by atoms with Crippen LogP contribution in [0.4, 0.5) is 11.4 Å². The molecule has 19 heavy (non-hydrogen) atoms. The molecule has 2 aromatic rings. The first-order valence-electron chi connectivity index (χ1n) is 5.57. The van der Waals surface area contributed by atoms with Gasteiger partial charge in [-0.3, -0.25) is 9.59 Å². The van der Waals surface area contributed by atoms with E-state index in [1.807, 2.05) is 0 Å². The number of hydrogen-bond acceptors (Lipinski definition) is 2. The molecule has 0 aromatic heterocycles. The van der Waals surface area contributed by atoms with Crippen molar-refractivity contribution in [1.82, 2.24) is 0 Å². The van der Waals surface area contributed by atoms with Crippen LogP contribution in [0.2, 0.25) is 5.02 Å². The maximum Gasteiger partial charge on any atom is 0.257 e. The number of carbonyl (C=O) groups is 2. The van der Waals surface area contributed by atoms with E-state index in [4.69, 9.17) is 11.6 Å². The molecule has 0 aliphatic carbocycles. The minimum absolute atomic E-state index is 0.297. The molecule has 0 bridgehead atoms. The Balaban J connectivity index is 2.17. The van der Waals surface area contributed by atoms with Gasteiger partial charge in [0.2, 0.25) is 6.41 Å². The van der Waals surface area contributed by atoms with E-state index in [1.54, 1.807) is 48.5 Å². The first kappa shape index (κ1) is 13.1. The molecule has 2 N–H and O–H groups in total. The van der Waals surface area contributed by atoms with Gasteiger partial charge in [-0.1, -0.05) is 29.8 Å². The van der Waals surface area contributed by atoms with Crippen molar-refractivity contribution in [3.05, 3.63) is 59.1 Å². The second-order valence-electron chi connectivity index (χ2n) is 3.78. The monoisotopic (exact) mass is 274 g/mol. The summed E-state index contributed by atoms with van der Waals surface area (Å²) >= 11 is 5.95. The maximum absolute atomic E-state index is 12.0. The van der Waals surface area contributed by atoms with E-state index in [-0.39, 0.29) is 5.91 Å². The Kier molecular flexibility index (Phi) is 4.15. The minimum Gasteiger partial charge on any atom is -0.329 e. The van der Waals surface area contributed by atoms with Crippen LogP contribution in [0.15, 0.2) is 48.5 Å². The summed E-state index contributed by atoms with van der Waals surface area (Å²) < 4.78 is 0. The molecule has 0 saturated heterocycles. The van der Waals surface area contributed by atoms with Crippen molar-refractivity contribution in [3.63, 3.8) is 0 Å². The standard InChI is InChI=1S/C14H11ClN2O2/c15-13-7-2-1-6-12(13)14(19)17-11-5-3-4-10(8-11)16-9-18/h1-9H,(H,16,18)(H,17,19). The van der Waals surface area contributed by atoms with E-state index in [2.05, 4.69) is 10.6 Å². The summed E-state index contributed by atoms with van der Waals surface area (Å²) in [5, 5.41) is 5.62. The highest BCUT2D eigenvalue weighted by Crippen LogP contribution is 2.19. The van der Waals surface area contributed by atoms with E-state index in [0.717, 1.165) is 0 Å². The van der Waals surface area contributed by atoms with Gasteiger partial charge in [-0.15, -0.1) is 0 Å². The summed E-state index contributed by atoms with van der Waals surface area (Å²) in [6, 6.07) is 13.6. The molecule has 4 nitrogen and oxygen atoms in total. The SMILES string of the molecule is O=CNc1cccc(NC(=O)c2ccccc2Cl)c1. The number of anilines is 2. The molecule has 0 heterocycles. The average Bonchev–Trinajstić information content (AvgIpc) is 2.40. The van der Waals surface area contributed by atoms with Crippen LogP contribution >= 0.6 is 11.6 Å². The smallest absolute Gasteiger partial charge is 0.257 e. The van der Waals surface area contributed by atoms with Crippen molar-refractivity contribution < 1.29 is 9.59 Å². The Labute approximate surface area is 115 Å². The van der Waals surface area contributed by atoms with Crippen molar-refractivity contribution in [1.29, 1.82) is 0 Å². The molecule has 0 aliphatic rings. The van der Waals surface area contributed by atoms with Crippen LogP contribution < -0.4 is 10.6 Å². The third kappa shape index (κ3) is 3.33. The highest BCUT2D eigenvalue weighted by atomic mass is 35.5. The average molecular weight is 275 g/mol. The van der Waals surface area contributed by atoms with Crippen LogP contribution in [-0.4, -0.2) is 12.3 Å². The van der Waals surface area contributed by atoms with Gasteiger partial charge in [-0.2, -0.15) is 0 Å². The van der Waals surface area contributed by atoms with Crippen LogP contribution in [0.1, 0.15) is 10.4 Å². The number of rotatable bonds is 4. The Morgan fingerprint density at radius 2 is 1.79 bits per heavy atom. The summed E-state index contributed by atoms with van der Waals surface area (Å²) in [4.78, 5) is 22.4. The van der Waals surface area contributed by atoms with E-state index >= 15 is 0 Å². The molecule has 0 saturated carbocycles. The Morgan fingerprint density at radius 3 is 2.53 bits per heavy atom. The maximum atomic E-state index is 12.0. The number of carbonyl (C=O) groups excluding carboxylic acids is 2. The summed E-state index contributed by atoms with van der Waals surface area (Å²) in [6.45, 7) is 0. The summed E-state index contributed by atoms with van der Waals surface area (Å²) in [5.74, 6) is -0.297. The zero-order valence-corrected chi connectivity index (χ0v) is 10.6. The number of amides is 2. The number of halogens is 1. The predicted molar refractivity (Wildman–Crippen MR) is 75.5 cm³/mol. The van der Waals surface area contributed by atoms with Gasteiger partial charge in [-0.05, 0) is 30.3 Å². The van der Waals surface area contributed by atoms with Gasteiger partial charge in [0.05, 0.1) is 10.6 Å². The normalized spacial score (nSPS) is 9.74. The van der Waals surface area contributed by atoms with Gasteiger partial charge in [-0.25, -0.2) is 0 Å². The number of benzene rings is 2. The molecule has 2 amide bonds. The van der Waals surface area contributed by atoms with E-state index in [1.165, 1.54) is 0 Å². The molecule has 0 aliphatic heterocycles. The second kappa shape index (κ2) is 6.02. The quantitative estimate of drug-likeness (QED) is 0.842. The van der Waals surface area contributed by atoms with Crippen molar-refractivity contribution in [2.45, 2.75) is 0 Å². The molecular formula is C14H11ClN2O2. The molecule has 0 atom stereocenters. The van der Waals surface area contributed by atoms with Crippen LogP contribution in [-0.2, 0) is 4.79 Å². The van der Waals surface area contributed by atoms with E-state index < -0.39 is 0 Å². The fraction of sp³-hybridized carbons (Fsp3) is 0. The lowest BCUT2D eigenvalue weighted by Gasteiger charge is -2.08. The van der Waals surface area contributed by atoms with Crippen molar-refractivity contribution in [2.75, 3.05) is 10.6 Å². The molecule has 96 valence electrons. The summed E-state index contributed by atoms with van der Waals surface area (Å²) in [7, 11) is 0. The minimum atomic E-state index is -0.297. The highest BCUT2D eigenvalue weighted by Gasteiger charge is 2.09. The second-order valence-corrected chi connectivity index (χ2v) is 4.18. The van der Waals surface area contributed by atoms with Crippen LogP contribution in [0, 0.1) is 0 Å². The zero-order chi connectivity index (χ0) is 13.7. The fourth-order valence-corrected chi connectivity index (χ4v) is 1.82. The van der Waals surface area contributed by atoms with E-state index in [0.29, 0.717) is 28.4 Å². The molecule has 0 radical (unpaired) electrons. The third-order valence-corrected chi connectivity index (χ3v) is 2.79. The molecule has 5 heteroatoms. The summed E-state index contributed by atoms with van der Waals surface area (Å²) in [5.41, 5.74) is 1.58. The Hall–Kier alpha value is -2.33. The molecular weight excluding hydrogens is 264 g/mol. The molecule has 0 fully saturated rings. The zero-order valence-electron chi connectivity index (χ0n) is 9.89. The highest BCUT2D eigenvalue weighted by molar-refractivity contribution is 6.34. The van der Waals surface area contributed by atoms with Gasteiger partial charge >= 0.3 is 0 Å². The topological polar surface area (TPSA) is 58.2 Å². The summed E-state index contributed by atoms with van der Waals surface area (Å²) in [6.07, 6.45) is 0.578. The third-order valence-electron chi connectivity index (χ3n) is 2.46. The van der Waals surface area contributed by atoms with Gasteiger partial charge < -0.3 is 10.6 Å². The molecule has 0 spiro atoms. The molecule has 0 unspecified atom stereocenters. The van der Waals surface area contributed by atoms with E-state index in [9.17, 15) is 9.59 Å². The lowest BCUT2D eigenvalue weighted by molar-refractivity contribution is -0.105. The Morgan fingerprint density at radius 1 is 1.05 bits per heavy atom. The van der Waals surface area contributed by atoms with Gasteiger partial charge in [0.1, 0.15) is 0 Å². The first-order chi connectivity index (χ1) is 9.20.